The number of hydrogen-bond acceptors (Lipinski definition) is 5. The van der Waals surface area contributed by atoms with Gasteiger partial charge in [0, 0.05) is 17.3 Å². The van der Waals surface area contributed by atoms with E-state index < -0.39 is 5.97 Å². The Bertz CT molecular complexity index is 468. The van der Waals surface area contributed by atoms with E-state index in [-0.39, 0.29) is 5.56 Å². The lowest BCUT2D eigenvalue weighted by atomic mass is 10.3. The fourth-order valence-electron chi connectivity index (χ4n) is 1.05. The van der Waals surface area contributed by atoms with Crippen LogP contribution in [-0.2, 0) is 5.75 Å². The molecular weight excluding hydrogens is 244 g/mol. The highest BCUT2D eigenvalue weighted by Gasteiger charge is 2.03. The van der Waals surface area contributed by atoms with Crippen LogP contribution in [-0.4, -0.2) is 21.0 Å². The van der Waals surface area contributed by atoms with Crippen molar-refractivity contribution in [3.63, 3.8) is 0 Å². The maximum Gasteiger partial charge on any atom is 0.337 e. The van der Waals surface area contributed by atoms with Crippen molar-refractivity contribution in [2.75, 3.05) is 0 Å². The third-order valence-corrected chi connectivity index (χ3v) is 3.45. The Kier molecular flexibility index (Phi) is 3.53. The van der Waals surface area contributed by atoms with Gasteiger partial charge in [-0.25, -0.2) is 14.8 Å². The molecule has 2 rings (SSSR count). The van der Waals surface area contributed by atoms with Gasteiger partial charge in [0.15, 0.2) is 0 Å². The van der Waals surface area contributed by atoms with Crippen molar-refractivity contribution >= 4 is 29.1 Å². The number of hydrogen-bond donors (Lipinski definition) is 1. The molecule has 0 amide bonds. The van der Waals surface area contributed by atoms with E-state index in [0.29, 0.717) is 0 Å². The van der Waals surface area contributed by atoms with Crippen molar-refractivity contribution in [2.24, 2.45) is 0 Å². The smallest absolute Gasteiger partial charge is 0.337 e. The van der Waals surface area contributed by atoms with Gasteiger partial charge in [0.05, 0.1) is 21.8 Å². The molecule has 0 aliphatic rings. The molecule has 82 valence electrons. The Morgan fingerprint density at radius 3 is 2.88 bits per heavy atom. The van der Waals surface area contributed by atoms with Gasteiger partial charge in [0.1, 0.15) is 0 Å². The van der Waals surface area contributed by atoms with Crippen LogP contribution >= 0.6 is 23.1 Å². The lowest BCUT2D eigenvalue weighted by molar-refractivity contribution is 0.0696. The summed E-state index contributed by atoms with van der Waals surface area (Å²) in [7, 11) is 0. The second-order valence-corrected chi connectivity index (χ2v) is 4.67. The summed E-state index contributed by atoms with van der Waals surface area (Å²) in [5.74, 6) is -0.202. The standard InChI is InChI=1S/C10H8N2O2S2/c13-10(14)7-1-2-9(11-3-7)16-5-8-4-15-6-12-8/h1-4,6H,5H2,(H,13,14). The summed E-state index contributed by atoms with van der Waals surface area (Å²) in [6.45, 7) is 0. The summed E-state index contributed by atoms with van der Waals surface area (Å²) in [5.41, 5.74) is 3.01. The van der Waals surface area contributed by atoms with E-state index in [1.165, 1.54) is 18.0 Å². The van der Waals surface area contributed by atoms with Gasteiger partial charge in [-0.3, -0.25) is 0 Å². The molecule has 2 aromatic rings. The quantitative estimate of drug-likeness (QED) is 0.847. The van der Waals surface area contributed by atoms with Crippen molar-refractivity contribution in [1.29, 1.82) is 0 Å². The molecule has 0 atom stereocenters. The zero-order valence-corrected chi connectivity index (χ0v) is 9.79. The first kappa shape index (κ1) is 11.1. The second kappa shape index (κ2) is 5.09. The predicted octanol–water partition coefficient (Wildman–Crippen LogP) is 2.53. The summed E-state index contributed by atoms with van der Waals surface area (Å²) in [6, 6.07) is 3.26. The van der Waals surface area contributed by atoms with Crippen molar-refractivity contribution in [1.82, 2.24) is 9.97 Å². The van der Waals surface area contributed by atoms with Crippen molar-refractivity contribution in [3.8, 4) is 0 Å². The number of carbonyl (C=O) groups is 1. The molecular formula is C10H8N2O2S2. The van der Waals surface area contributed by atoms with Crippen molar-refractivity contribution in [2.45, 2.75) is 10.8 Å². The first-order chi connectivity index (χ1) is 7.75. The van der Waals surface area contributed by atoms with Crippen LogP contribution in [0.5, 0.6) is 0 Å². The monoisotopic (exact) mass is 252 g/mol. The second-order valence-electron chi connectivity index (χ2n) is 2.96. The number of thioether (sulfide) groups is 1. The van der Waals surface area contributed by atoms with Crippen LogP contribution in [0.4, 0.5) is 0 Å². The zero-order chi connectivity index (χ0) is 11.4. The predicted molar refractivity (Wildman–Crippen MR) is 62.9 cm³/mol. The van der Waals surface area contributed by atoms with Gasteiger partial charge in [0.25, 0.3) is 0 Å². The average molecular weight is 252 g/mol. The van der Waals surface area contributed by atoms with Gasteiger partial charge in [0.2, 0.25) is 0 Å². The maximum atomic E-state index is 10.6. The molecule has 0 aliphatic carbocycles. The van der Waals surface area contributed by atoms with Gasteiger partial charge in [-0.15, -0.1) is 23.1 Å². The minimum atomic E-state index is -0.955. The fourth-order valence-corrected chi connectivity index (χ4v) is 2.46. The molecule has 1 N–H and O–H groups in total. The number of rotatable bonds is 4. The molecule has 0 radical (unpaired) electrons. The summed E-state index contributed by atoms with van der Waals surface area (Å²) < 4.78 is 0. The minimum absolute atomic E-state index is 0.206. The van der Waals surface area contributed by atoms with Crippen molar-refractivity contribution < 1.29 is 9.90 Å². The molecule has 2 aromatic heterocycles. The molecule has 16 heavy (non-hydrogen) atoms. The third-order valence-electron chi connectivity index (χ3n) is 1.83. The van der Waals surface area contributed by atoms with Crippen molar-refractivity contribution in [3.05, 3.63) is 40.5 Å². The van der Waals surface area contributed by atoms with Gasteiger partial charge in [-0.2, -0.15) is 0 Å². The van der Waals surface area contributed by atoms with Crippen LogP contribution in [0.15, 0.2) is 34.2 Å². The molecule has 0 saturated heterocycles. The van der Waals surface area contributed by atoms with Gasteiger partial charge < -0.3 is 5.11 Å². The molecule has 0 unspecified atom stereocenters. The number of carboxylic acids is 1. The summed E-state index contributed by atoms with van der Waals surface area (Å²) >= 11 is 3.10. The van der Waals surface area contributed by atoms with E-state index >= 15 is 0 Å². The Morgan fingerprint density at radius 1 is 1.44 bits per heavy atom. The number of carboxylic acid groups (broad SMARTS) is 1. The van der Waals surface area contributed by atoms with E-state index in [2.05, 4.69) is 9.97 Å². The molecule has 0 aromatic carbocycles. The topological polar surface area (TPSA) is 63.1 Å². The molecule has 4 nitrogen and oxygen atoms in total. The van der Waals surface area contributed by atoms with Gasteiger partial charge >= 0.3 is 5.97 Å². The molecule has 0 saturated carbocycles. The van der Waals surface area contributed by atoms with Crippen LogP contribution < -0.4 is 0 Å². The molecule has 6 heteroatoms. The Labute approximate surface area is 100 Å². The molecule has 0 spiro atoms. The van der Waals surface area contributed by atoms with Crippen LogP contribution in [0.2, 0.25) is 0 Å². The Hall–Kier alpha value is -1.40. The number of thiazole rings is 1. The van der Waals surface area contributed by atoms with Crippen LogP contribution in [0.25, 0.3) is 0 Å². The zero-order valence-electron chi connectivity index (χ0n) is 8.16. The molecule has 0 aliphatic heterocycles. The summed E-state index contributed by atoms with van der Waals surface area (Å²) in [4.78, 5) is 18.8. The largest absolute Gasteiger partial charge is 0.478 e. The van der Waals surface area contributed by atoms with E-state index in [4.69, 9.17) is 5.11 Å². The van der Waals surface area contributed by atoms with Crippen LogP contribution in [0.1, 0.15) is 16.1 Å². The highest BCUT2D eigenvalue weighted by Crippen LogP contribution is 2.20. The van der Waals surface area contributed by atoms with E-state index in [1.54, 1.807) is 29.0 Å². The Morgan fingerprint density at radius 2 is 2.31 bits per heavy atom. The molecule has 0 fully saturated rings. The fraction of sp³-hybridized carbons (Fsp3) is 0.100. The molecule has 2 heterocycles. The number of pyridine rings is 1. The minimum Gasteiger partial charge on any atom is -0.478 e. The van der Waals surface area contributed by atoms with Gasteiger partial charge in [-0.1, -0.05) is 0 Å². The summed E-state index contributed by atoms with van der Waals surface area (Å²) in [5, 5.41) is 11.5. The number of aromatic carboxylic acids is 1. The Balaban J connectivity index is 1.98. The highest BCUT2D eigenvalue weighted by molar-refractivity contribution is 7.98. The van der Waals surface area contributed by atoms with E-state index in [9.17, 15) is 4.79 Å². The lowest BCUT2D eigenvalue weighted by Crippen LogP contribution is -1.96. The first-order valence-corrected chi connectivity index (χ1v) is 6.38. The van der Waals surface area contributed by atoms with Crippen LogP contribution in [0, 0.1) is 0 Å². The third kappa shape index (κ3) is 2.80. The van der Waals surface area contributed by atoms with E-state index in [1.807, 2.05) is 5.38 Å². The number of aromatic nitrogens is 2. The van der Waals surface area contributed by atoms with Crippen LogP contribution in [0.3, 0.4) is 0 Å². The highest BCUT2D eigenvalue weighted by atomic mass is 32.2. The normalized spacial score (nSPS) is 10.2. The SMILES string of the molecule is O=C(O)c1ccc(SCc2cscn2)nc1. The van der Waals surface area contributed by atoms with Gasteiger partial charge in [-0.05, 0) is 12.1 Å². The average Bonchev–Trinajstić information content (AvgIpc) is 2.80. The maximum absolute atomic E-state index is 10.6. The molecule has 0 bridgehead atoms. The summed E-state index contributed by atoms with van der Waals surface area (Å²) in [6.07, 6.45) is 1.37. The lowest BCUT2D eigenvalue weighted by Gasteiger charge is -1.99. The van der Waals surface area contributed by atoms with E-state index in [0.717, 1.165) is 16.5 Å². The first-order valence-electron chi connectivity index (χ1n) is 4.45. The number of nitrogens with zero attached hydrogens (tertiary/aromatic N) is 2.